The Bertz CT molecular complexity index is 962. The molecule has 28 heavy (non-hydrogen) atoms. The first kappa shape index (κ1) is 22.5. The van der Waals surface area contributed by atoms with Crippen molar-refractivity contribution in [3.63, 3.8) is 0 Å². The first-order valence-electron chi connectivity index (χ1n) is 9.02. The van der Waals surface area contributed by atoms with Crippen LogP contribution in [0.5, 0.6) is 0 Å². The fourth-order valence-electron chi connectivity index (χ4n) is 2.44. The molecule has 0 aliphatic heterocycles. The molecule has 0 aliphatic rings. The van der Waals surface area contributed by atoms with Crippen LogP contribution in [0.15, 0.2) is 58.3 Å². The molecule has 0 aromatic heterocycles. The summed E-state index contributed by atoms with van der Waals surface area (Å²) >= 11 is 0. The number of hydrogen-bond acceptors (Lipinski definition) is 6. The van der Waals surface area contributed by atoms with Gasteiger partial charge in [-0.05, 0) is 56.9 Å². The summed E-state index contributed by atoms with van der Waals surface area (Å²) in [4.78, 5) is 0.247. The van der Waals surface area contributed by atoms with Gasteiger partial charge in [0.1, 0.15) is 0 Å². The largest absolute Gasteiger partial charge is 0.296 e. The Morgan fingerprint density at radius 3 is 1.64 bits per heavy atom. The molecule has 0 amide bonds. The van der Waals surface area contributed by atoms with E-state index in [1.165, 1.54) is 24.3 Å². The Hall–Kier alpha value is -1.74. The molecule has 0 aliphatic carbocycles. The molecule has 0 spiro atoms. The highest BCUT2D eigenvalue weighted by Crippen LogP contribution is 2.17. The van der Waals surface area contributed by atoms with Crippen LogP contribution in [0.1, 0.15) is 30.9 Å². The van der Waals surface area contributed by atoms with Gasteiger partial charge in [0.15, 0.2) is 0 Å². The third-order valence-corrected chi connectivity index (χ3v) is 6.83. The van der Waals surface area contributed by atoms with Gasteiger partial charge in [0.2, 0.25) is 0 Å². The molecule has 1 atom stereocenters. The van der Waals surface area contributed by atoms with Crippen molar-refractivity contribution < 1.29 is 25.2 Å². The van der Waals surface area contributed by atoms with Crippen LogP contribution in [-0.2, 0) is 28.6 Å². The van der Waals surface area contributed by atoms with Crippen molar-refractivity contribution in [1.82, 2.24) is 0 Å². The number of hydrogen-bond donors (Lipinski definition) is 0. The summed E-state index contributed by atoms with van der Waals surface area (Å²) in [6, 6.07) is 12.9. The normalized spacial score (nSPS) is 13.4. The molecule has 0 heterocycles. The molecule has 0 unspecified atom stereocenters. The van der Waals surface area contributed by atoms with E-state index >= 15 is 0 Å². The second-order valence-corrected chi connectivity index (χ2v) is 10.1. The van der Waals surface area contributed by atoms with Gasteiger partial charge >= 0.3 is 0 Å². The third-order valence-electron chi connectivity index (χ3n) is 4.21. The van der Waals surface area contributed by atoms with Gasteiger partial charge in [-0.2, -0.15) is 16.8 Å². The van der Waals surface area contributed by atoms with Crippen molar-refractivity contribution in [3.8, 4) is 0 Å². The maximum absolute atomic E-state index is 12.2. The molecule has 0 fully saturated rings. The number of rotatable bonds is 10. The zero-order chi connectivity index (χ0) is 20.8. The summed E-state index contributed by atoms with van der Waals surface area (Å²) in [6.45, 7) is 5.66. The van der Waals surface area contributed by atoms with Gasteiger partial charge in [0.05, 0.1) is 23.0 Å². The molecule has 154 valence electrons. The van der Waals surface area contributed by atoms with E-state index in [-0.39, 0.29) is 28.9 Å². The van der Waals surface area contributed by atoms with Crippen molar-refractivity contribution in [2.75, 3.05) is 13.2 Å². The van der Waals surface area contributed by atoms with Gasteiger partial charge in [-0.15, -0.1) is 0 Å². The van der Waals surface area contributed by atoms with Crippen LogP contribution in [0, 0.1) is 19.8 Å². The van der Waals surface area contributed by atoms with Gasteiger partial charge in [-0.25, -0.2) is 0 Å². The molecule has 6 nitrogen and oxygen atoms in total. The van der Waals surface area contributed by atoms with Crippen LogP contribution in [0.25, 0.3) is 0 Å². The van der Waals surface area contributed by atoms with E-state index < -0.39 is 20.2 Å². The fraction of sp³-hybridized carbons (Fsp3) is 0.400. The van der Waals surface area contributed by atoms with Crippen LogP contribution in [0.2, 0.25) is 0 Å². The first-order chi connectivity index (χ1) is 13.1. The number of aryl methyl sites for hydroxylation is 2. The lowest BCUT2D eigenvalue weighted by atomic mass is 10.1. The van der Waals surface area contributed by atoms with E-state index in [0.29, 0.717) is 12.8 Å². The van der Waals surface area contributed by atoms with Crippen LogP contribution in [0.4, 0.5) is 0 Å². The van der Waals surface area contributed by atoms with E-state index in [1.54, 1.807) is 24.3 Å². The molecular formula is C20H26O6S2. The zero-order valence-corrected chi connectivity index (χ0v) is 17.9. The summed E-state index contributed by atoms with van der Waals surface area (Å²) in [5, 5.41) is 0. The van der Waals surface area contributed by atoms with Crippen LogP contribution in [0.3, 0.4) is 0 Å². The average Bonchev–Trinajstić information content (AvgIpc) is 2.64. The highest BCUT2D eigenvalue weighted by atomic mass is 32.2. The Kier molecular flexibility index (Phi) is 7.77. The minimum atomic E-state index is -3.79. The molecule has 0 bridgehead atoms. The Morgan fingerprint density at radius 1 is 0.750 bits per heavy atom. The minimum absolute atomic E-state index is 0.0287. The lowest BCUT2D eigenvalue weighted by molar-refractivity contribution is 0.239. The van der Waals surface area contributed by atoms with E-state index in [9.17, 15) is 16.8 Å². The smallest absolute Gasteiger partial charge is 0.266 e. The Labute approximate surface area is 167 Å². The molecule has 8 heteroatoms. The predicted octanol–water partition coefficient (Wildman–Crippen LogP) is 3.83. The minimum Gasteiger partial charge on any atom is -0.266 e. The van der Waals surface area contributed by atoms with Crippen LogP contribution >= 0.6 is 0 Å². The first-order valence-corrected chi connectivity index (χ1v) is 11.8. The van der Waals surface area contributed by atoms with E-state index in [4.69, 9.17) is 8.37 Å². The van der Waals surface area contributed by atoms with Gasteiger partial charge < -0.3 is 0 Å². The van der Waals surface area contributed by atoms with Crippen molar-refractivity contribution in [1.29, 1.82) is 0 Å². The van der Waals surface area contributed by atoms with E-state index in [2.05, 4.69) is 0 Å². The van der Waals surface area contributed by atoms with E-state index in [1.807, 2.05) is 20.8 Å². The summed E-state index contributed by atoms with van der Waals surface area (Å²) in [7, 11) is -7.57. The quantitative estimate of drug-likeness (QED) is 0.424. The van der Waals surface area contributed by atoms with Crippen molar-refractivity contribution in [2.45, 2.75) is 43.4 Å². The van der Waals surface area contributed by atoms with Gasteiger partial charge in [0, 0.05) is 0 Å². The lowest BCUT2D eigenvalue weighted by Gasteiger charge is -2.12. The van der Waals surface area contributed by atoms with Crippen LogP contribution in [-0.4, -0.2) is 30.0 Å². The second kappa shape index (κ2) is 9.65. The molecular weight excluding hydrogens is 400 g/mol. The SMILES string of the molecule is Cc1ccc(S(=O)(=O)OCCC[C@@H](C)COS(=O)(=O)c2ccc(C)cc2)cc1. The molecule has 2 rings (SSSR count). The number of benzene rings is 2. The molecule has 0 radical (unpaired) electrons. The summed E-state index contributed by atoms with van der Waals surface area (Å²) in [5.74, 6) is -0.0640. The summed E-state index contributed by atoms with van der Waals surface area (Å²) in [6.07, 6.45) is 1.05. The van der Waals surface area contributed by atoms with Gasteiger partial charge in [-0.3, -0.25) is 8.37 Å². The fourth-order valence-corrected chi connectivity index (χ4v) is 4.40. The van der Waals surface area contributed by atoms with Crippen molar-refractivity contribution in [3.05, 3.63) is 59.7 Å². The second-order valence-electron chi connectivity index (χ2n) is 6.89. The highest BCUT2D eigenvalue weighted by Gasteiger charge is 2.18. The van der Waals surface area contributed by atoms with Crippen molar-refractivity contribution in [2.24, 2.45) is 5.92 Å². The molecule has 0 N–H and O–H groups in total. The van der Waals surface area contributed by atoms with Gasteiger partial charge in [-0.1, -0.05) is 42.3 Å². The zero-order valence-electron chi connectivity index (χ0n) is 16.3. The third kappa shape index (κ3) is 6.70. The van der Waals surface area contributed by atoms with Crippen LogP contribution < -0.4 is 0 Å². The topological polar surface area (TPSA) is 86.7 Å². The highest BCUT2D eigenvalue weighted by molar-refractivity contribution is 7.87. The van der Waals surface area contributed by atoms with E-state index in [0.717, 1.165) is 11.1 Å². The summed E-state index contributed by atoms with van der Waals surface area (Å²) < 4.78 is 58.7. The van der Waals surface area contributed by atoms with Gasteiger partial charge in [0.25, 0.3) is 20.2 Å². The summed E-state index contributed by atoms with van der Waals surface area (Å²) in [5.41, 5.74) is 1.93. The Balaban J connectivity index is 1.76. The average molecular weight is 427 g/mol. The molecule has 2 aromatic carbocycles. The Morgan fingerprint density at radius 2 is 1.18 bits per heavy atom. The molecule has 0 saturated heterocycles. The predicted molar refractivity (Wildman–Crippen MR) is 107 cm³/mol. The monoisotopic (exact) mass is 426 g/mol. The maximum atomic E-state index is 12.2. The standard InChI is InChI=1S/C20H26O6S2/c1-16-6-10-19(11-7-16)27(21,22)25-14-4-5-18(3)15-26-28(23,24)20-12-8-17(2)9-13-20/h6-13,18H,4-5,14-15H2,1-3H3/t18-/m1/s1. The maximum Gasteiger partial charge on any atom is 0.296 e. The van der Waals surface area contributed by atoms with Crippen molar-refractivity contribution >= 4 is 20.2 Å². The molecule has 2 aromatic rings. The lowest BCUT2D eigenvalue weighted by Crippen LogP contribution is -2.14. The molecule has 0 saturated carbocycles.